The number of hydrogen-bond donors (Lipinski definition) is 0. The van der Waals surface area contributed by atoms with Gasteiger partial charge in [0.05, 0.1) is 19.0 Å². The summed E-state index contributed by atoms with van der Waals surface area (Å²) in [5.41, 5.74) is 3.47. The molecule has 0 spiro atoms. The van der Waals surface area contributed by atoms with Crippen LogP contribution in [0.3, 0.4) is 0 Å². The van der Waals surface area contributed by atoms with Crippen LogP contribution in [0.2, 0.25) is 0 Å². The molecular weight excluding hydrogens is 300 g/mol. The molecule has 4 rings (SSSR count). The standard InChI is InChI=1S/C20H20N2O2/c23-19(12-15-6-2-1-3-7-15)21-13-18-17-9-5-4-8-16(17)10-11-22(18)20(24)14-21/h1-9,18H,10-14H2/t18-/m0/s1. The third-order valence-corrected chi connectivity index (χ3v) is 5.00. The molecule has 2 amide bonds. The predicted octanol–water partition coefficient (Wildman–Crippen LogP) is 2.20. The summed E-state index contributed by atoms with van der Waals surface area (Å²) in [6.45, 7) is 1.54. The highest BCUT2D eigenvalue weighted by atomic mass is 16.2. The van der Waals surface area contributed by atoms with E-state index in [2.05, 4.69) is 12.1 Å². The smallest absolute Gasteiger partial charge is 0.242 e. The van der Waals surface area contributed by atoms with E-state index in [4.69, 9.17) is 0 Å². The molecule has 1 saturated heterocycles. The SMILES string of the molecule is O=C(Cc1ccccc1)N1CC(=O)N2CCc3ccccc3[C@@H]2C1. The fourth-order valence-corrected chi connectivity index (χ4v) is 3.75. The van der Waals surface area contributed by atoms with E-state index < -0.39 is 0 Å². The Bertz CT molecular complexity index is 772. The van der Waals surface area contributed by atoms with Crippen LogP contribution in [0.15, 0.2) is 54.6 Å². The summed E-state index contributed by atoms with van der Waals surface area (Å²) in [4.78, 5) is 28.9. The molecule has 0 N–H and O–H groups in total. The molecule has 1 fully saturated rings. The maximum absolute atomic E-state index is 12.7. The number of nitrogens with zero attached hydrogens (tertiary/aromatic N) is 2. The Kier molecular flexibility index (Phi) is 3.81. The second-order valence-electron chi connectivity index (χ2n) is 6.49. The van der Waals surface area contributed by atoms with Crippen LogP contribution >= 0.6 is 0 Å². The van der Waals surface area contributed by atoms with Gasteiger partial charge in [0.15, 0.2) is 0 Å². The van der Waals surface area contributed by atoms with Gasteiger partial charge in [-0.2, -0.15) is 0 Å². The van der Waals surface area contributed by atoms with Gasteiger partial charge in [0.1, 0.15) is 0 Å². The summed E-state index contributed by atoms with van der Waals surface area (Å²) in [7, 11) is 0. The summed E-state index contributed by atoms with van der Waals surface area (Å²) in [5, 5.41) is 0. The number of benzene rings is 2. The lowest BCUT2D eigenvalue weighted by molar-refractivity contribution is -0.149. The topological polar surface area (TPSA) is 40.6 Å². The van der Waals surface area contributed by atoms with Gasteiger partial charge in [0.25, 0.3) is 0 Å². The molecule has 1 atom stereocenters. The highest BCUT2D eigenvalue weighted by Gasteiger charge is 2.38. The monoisotopic (exact) mass is 320 g/mol. The predicted molar refractivity (Wildman–Crippen MR) is 91.3 cm³/mol. The number of rotatable bonds is 2. The average molecular weight is 320 g/mol. The first-order valence-electron chi connectivity index (χ1n) is 8.41. The summed E-state index contributed by atoms with van der Waals surface area (Å²) in [6, 6.07) is 18.0. The van der Waals surface area contributed by atoms with E-state index >= 15 is 0 Å². The molecule has 0 aromatic heterocycles. The van der Waals surface area contributed by atoms with E-state index in [1.807, 2.05) is 47.4 Å². The van der Waals surface area contributed by atoms with Crippen molar-refractivity contribution in [2.24, 2.45) is 0 Å². The van der Waals surface area contributed by atoms with Gasteiger partial charge in [-0.15, -0.1) is 0 Å². The van der Waals surface area contributed by atoms with Crippen molar-refractivity contribution in [1.82, 2.24) is 9.80 Å². The number of hydrogen-bond acceptors (Lipinski definition) is 2. The second kappa shape index (κ2) is 6.11. The molecule has 4 heteroatoms. The van der Waals surface area contributed by atoms with E-state index in [0.717, 1.165) is 18.5 Å². The van der Waals surface area contributed by atoms with Crippen molar-refractivity contribution >= 4 is 11.8 Å². The van der Waals surface area contributed by atoms with Crippen LogP contribution in [-0.2, 0) is 22.4 Å². The van der Waals surface area contributed by atoms with Gasteiger partial charge in [-0.3, -0.25) is 9.59 Å². The minimum absolute atomic E-state index is 0.00377. The number of carbonyl (C=O) groups is 2. The first-order valence-corrected chi connectivity index (χ1v) is 8.41. The van der Waals surface area contributed by atoms with Crippen LogP contribution in [0.4, 0.5) is 0 Å². The van der Waals surface area contributed by atoms with Crippen LogP contribution in [0.5, 0.6) is 0 Å². The zero-order valence-electron chi connectivity index (χ0n) is 13.5. The maximum Gasteiger partial charge on any atom is 0.242 e. The summed E-state index contributed by atoms with van der Waals surface area (Å²) >= 11 is 0. The Labute approximate surface area is 141 Å². The molecule has 2 heterocycles. The van der Waals surface area contributed by atoms with Crippen LogP contribution < -0.4 is 0 Å². The van der Waals surface area contributed by atoms with Gasteiger partial charge < -0.3 is 9.80 Å². The Morgan fingerprint density at radius 2 is 1.79 bits per heavy atom. The number of amides is 2. The lowest BCUT2D eigenvalue weighted by Crippen LogP contribution is -2.55. The van der Waals surface area contributed by atoms with E-state index in [-0.39, 0.29) is 24.4 Å². The molecule has 2 aromatic carbocycles. The molecule has 0 aliphatic carbocycles. The normalized spacial score (nSPS) is 19.7. The lowest BCUT2D eigenvalue weighted by atomic mass is 9.90. The van der Waals surface area contributed by atoms with E-state index in [1.165, 1.54) is 11.1 Å². The molecule has 0 radical (unpaired) electrons. The molecule has 2 aromatic rings. The lowest BCUT2D eigenvalue weighted by Gasteiger charge is -2.44. The Morgan fingerprint density at radius 1 is 1.04 bits per heavy atom. The van der Waals surface area contributed by atoms with Crippen molar-refractivity contribution in [3.63, 3.8) is 0 Å². The van der Waals surface area contributed by atoms with Crippen molar-refractivity contribution in [2.45, 2.75) is 18.9 Å². The number of fused-ring (bicyclic) bond motifs is 3. The third-order valence-electron chi connectivity index (χ3n) is 5.00. The Balaban J connectivity index is 1.56. The van der Waals surface area contributed by atoms with Gasteiger partial charge in [0, 0.05) is 13.1 Å². The summed E-state index contributed by atoms with van der Waals surface area (Å²) < 4.78 is 0. The van der Waals surface area contributed by atoms with Crippen molar-refractivity contribution < 1.29 is 9.59 Å². The summed E-state index contributed by atoms with van der Waals surface area (Å²) in [5.74, 6) is 0.0828. The van der Waals surface area contributed by atoms with Crippen molar-refractivity contribution in [3.05, 3.63) is 71.3 Å². The van der Waals surface area contributed by atoms with Crippen molar-refractivity contribution in [3.8, 4) is 0 Å². The first-order chi connectivity index (χ1) is 11.7. The fraction of sp³-hybridized carbons (Fsp3) is 0.300. The Hall–Kier alpha value is -2.62. The van der Waals surface area contributed by atoms with Gasteiger partial charge in [-0.1, -0.05) is 54.6 Å². The van der Waals surface area contributed by atoms with E-state index in [0.29, 0.717) is 13.0 Å². The third kappa shape index (κ3) is 2.68. The zero-order valence-corrected chi connectivity index (χ0v) is 13.5. The molecule has 2 aliphatic heterocycles. The molecule has 122 valence electrons. The maximum atomic E-state index is 12.7. The number of piperazine rings is 1. The minimum Gasteiger partial charge on any atom is -0.332 e. The highest BCUT2D eigenvalue weighted by molar-refractivity contribution is 5.87. The van der Waals surface area contributed by atoms with Crippen molar-refractivity contribution in [1.29, 1.82) is 0 Å². The van der Waals surface area contributed by atoms with Crippen molar-refractivity contribution in [2.75, 3.05) is 19.6 Å². The number of carbonyl (C=O) groups excluding carboxylic acids is 2. The van der Waals surface area contributed by atoms with Crippen LogP contribution in [0, 0.1) is 0 Å². The fourth-order valence-electron chi connectivity index (χ4n) is 3.75. The van der Waals surface area contributed by atoms with Gasteiger partial charge in [-0.25, -0.2) is 0 Å². The highest BCUT2D eigenvalue weighted by Crippen LogP contribution is 2.33. The average Bonchev–Trinajstić information content (AvgIpc) is 2.62. The van der Waals surface area contributed by atoms with Crippen LogP contribution in [-0.4, -0.2) is 41.2 Å². The molecular formula is C20H20N2O2. The quantitative estimate of drug-likeness (QED) is 0.851. The first kappa shape index (κ1) is 14.9. The van der Waals surface area contributed by atoms with E-state index in [1.54, 1.807) is 4.90 Å². The van der Waals surface area contributed by atoms with Gasteiger partial charge in [-0.05, 0) is 23.1 Å². The zero-order chi connectivity index (χ0) is 16.5. The molecule has 0 unspecified atom stereocenters. The Morgan fingerprint density at radius 3 is 2.62 bits per heavy atom. The molecule has 24 heavy (non-hydrogen) atoms. The largest absolute Gasteiger partial charge is 0.332 e. The van der Waals surface area contributed by atoms with Crippen LogP contribution in [0.1, 0.15) is 22.7 Å². The molecule has 4 nitrogen and oxygen atoms in total. The molecule has 0 bridgehead atoms. The summed E-state index contributed by atoms with van der Waals surface area (Å²) in [6.07, 6.45) is 1.25. The van der Waals surface area contributed by atoms with E-state index in [9.17, 15) is 9.59 Å². The van der Waals surface area contributed by atoms with Crippen LogP contribution in [0.25, 0.3) is 0 Å². The second-order valence-corrected chi connectivity index (χ2v) is 6.49. The molecule has 2 aliphatic rings. The molecule has 0 saturated carbocycles. The van der Waals surface area contributed by atoms with Gasteiger partial charge in [0.2, 0.25) is 11.8 Å². The minimum atomic E-state index is -0.00377. The van der Waals surface area contributed by atoms with Gasteiger partial charge >= 0.3 is 0 Å².